The Kier molecular flexibility index (Phi) is 3.94. The zero-order valence-electron chi connectivity index (χ0n) is 11.5. The van der Waals surface area contributed by atoms with Crippen LogP contribution in [0.25, 0.3) is 0 Å². The third-order valence-electron chi connectivity index (χ3n) is 3.45. The Balaban J connectivity index is 2.49. The summed E-state index contributed by atoms with van der Waals surface area (Å²) in [6.07, 6.45) is 0.650. The highest BCUT2D eigenvalue weighted by Crippen LogP contribution is 2.39. The molecule has 0 fully saturated rings. The van der Waals surface area contributed by atoms with Crippen molar-refractivity contribution in [2.24, 2.45) is 0 Å². The van der Waals surface area contributed by atoms with E-state index in [9.17, 15) is 10.1 Å². The van der Waals surface area contributed by atoms with Crippen LogP contribution >= 0.6 is 0 Å². The van der Waals surface area contributed by atoms with Crippen molar-refractivity contribution in [1.29, 1.82) is 5.26 Å². The lowest BCUT2D eigenvalue weighted by Gasteiger charge is -2.26. The summed E-state index contributed by atoms with van der Waals surface area (Å²) in [6.45, 7) is 5.76. The van der Waals surface area contributed by atoms with E-state index in [0.29, 0.717) is 17.6 Å². The fourth-order valence-electron chi connectivity index (χ4n) is 2.35. The van der Waals surface area contributed by atoms with Gasteiger partial charge < -0.3 is 14.7 Å². The Morgan fingerprint density at radius 1 is 1.45 bits per heavy atom. The van der Waals surface area contributed by atoms with E-state index in [-0.39, 0.29) is 5.57 Å². The van der Waals surface area contributed by atoms with Gasteiger partial charge in [-0.25, -0.2) is 4.79 Å². The van der Waals surface area contributed by atoms with E-state index < -0.39 is 11.9 Å². The van der Waals surface area contributed by atoms with Gasteiger partial charge in [-0.2, -0.15) is 5.26 Å². The molecule has 0 saturated carbocycles. The molecular formula is C15H16N2O3. The first-order chi connectivity index (χ1) is 9.65. The van der Waals surface area contributed by atoms with Gasteiger partial charge in [0.25, 0.3) is 0 Å². The first-order valence-corrected chi connectivity index (χ1v) is 6.51. The molecule has 5 heteroatoms. The standard InChI is InChI=1S/C15H16N2O3/c1-3-17(4-2)10-5-6-11-12(8-16)13(9-18)15(19)20-14(11)7-10/h5-7,9,12,18H,3-4H2,1-2H3/b13-9+. The second-order valence-electron chi connectivity index (χ2n) is 4.43. The summed E-state index contributed by atoms with van der Waals surface area (Å²) in [4.78, 5) is 13.9. The molecule has 1 aliphatic heterocycles. The highest BCUT2D eigenvalue weighted by molar-refractivity contribution is 5.95. The van der Waals surface area contributed by atoms with Gasteiger partial charge in [0.2, 0.25) is 0 Å². The van der Waals surface area contributed by atoms with Crippen molar-refractivity contribution in [2.75, 3.05) is 18.0 Å². The van der Waals surface area contributed by atoms with Gasteiger partial charge in [-0.15, -0.1) is 0 Å². The first kappa shape index (κ1) is 13.9. The maximum Gasteiger partial charge on any atom is 0.344 e. The molecule has 0 saturated heterocycles. The molecule has 0 spiro atoms. The van der Waals surface area contributed by atoms with E-state index in [4.69, 9.17) is 9.84 Å². The van der Waals surface area contributed by atoms with Crippen LogP contribution in [0.3, 0.4) is 0 Å². The third kappa shape index (κ3) is 2.21. The molecule has 0 aromatic heterocycles. The zero-order chi connectivity index (χ0) is 14.7. The van der Waals surface area contributed by atoms with E-state index in [1.165, 1.54) is 0 Å². The van der Waals surface area contributed by atoms with Crippen LogP contribution in [0.15, 0.2) is 30.0 Å². The van der Waals surface area contributed by atoms with Crippen LogP contribution in [0.5, 0.6) is 5.75 Å². The molecule has 1 atom stereocenters. The lowest BCUT2D eigenvalue weighted by atomic mass is 9.90. The monoisotopic (exact) mass is 272 g/mol. The summed E-state index contributed by atoms with van der Waals surface area (Å²) in [7, 11) is 0. The number of rotatable bonds is 3. The number of carbonyl (C=O) groups is 1. The van der Waals surface area contributed by atoms with Gasteiger partial charge in [0, 0.05) is 30.4 Å². The summed E-state index contributed by atoms with van der Waals surface area (Å²) < 4.78 is 5.20. The molecule has 20 heavy (non-hydrogen) atoms. The SMILES string of the molecule is CCN(CC)c1ccc2c(c1)OC(=O)/C(=C/O)C2C#N. The number of benzene rings is 1. The van der Waals surface area contributed by atoms with Crippen molar-refractivity contribution in [1.82, 2.24) is 0 Å². The number of fused-ring (bicyclic) bond motifs is 1. The molecule has 1 aromatic rings. The van der Waals surface area contributed by atoms with Crippen LogP contribution in [0.2, 0.25) is 0 Å². The van der Waals surface area contributed by atoms with Crippen LogP contribution in [0.1, 0.15) is 25.3 Å². The fraction of sp³-hybridized carbons (Fsp3) is 0.333. The number of anilines is 1. The summed E-state index contributed by atoms with van der Waals surface area (Å²) in [5, 5.41) is 18.3. The number of ether oxygens (including phenoxy) is 1. The van der Waals surface area contributed by atoms with Crippen LogP contribution in [0.4, 0.5) is 5.69 Å². The highest BCUT2D eigenvalue weighted by Gasteiger charge is 2.33. The molecule has 2 rings (SSSR count). The van der Waals surface area contributed by atoms with Gasteiger partial charge in [0.1, 0.15) is 11.7 Å². The molecular weight excluding hydrogens is 256 g/mol. The Hall–Kier alpha value is -2.48. The van der Waals surface area contributed by atoms with Gasteiger partial charge in [-0.3, -0.25) is 0 Å². The largest absolute Gasteiger partial charge is 0.515 e. The highest BCUT2D eigenvalue weighted by atomic mass is 16.5. The lowest BCUT2D eigenvalue weighted by Crippen LogP contribution is -2.25. The van der Waals surface area contributed by atoms with Crippen molar-refractivity contribution >= 4 is 11.7 Å². The topological polar surface area (TPSA) is 73.6 Å². The second kappa shape index (κ2) is 5.66. The molecule has 0 bridgehead atoms. The summed E-state index contributed by atoms with van der Waals surface area (Å²) in [6, 6.07) is 7.45. The van der Waals surface area contributed by atoms with Crippen molar-refractivity contribution in [3.05, 3.63) is 35.6 Å². The van der Waals surface area contributed by atoms with Crippen molar-refractivity contribution in [2.45, 2.75) is 19.8 Å². The van der Waals surface area contributed by atoms with Crippen LogP contribution in [0, 0.1) is 11.3 Å². The maximum atomic E-state index is 11.8. The predicted octanol–water partition coefficient (Wildman–Crippen LogP) is 2.50. The normalized spacial score (nSPS) is 19.1. The first-order valence-electron chi connectivity index (χ1n) is 6.51. The summed E-state index contributed by atoms with van der Waals surface area (Å²) in [5.74, 6) is -1.08. The number of aliphatic hydroxyl groups is 1. The number of nitrogens with zero attached hydrogens (tertiary/aromatic N) is 2. The van der Waals surface area contributed by atoms with E-state index >= 15 is 0 Å². The molecule has 5 nitrogen and oxygen atoms in total. The molecule has 1 N–H and O–H groups in total. The summed E-state index contributed by atoms with van der Waals surface area (Å²) in [5.41, 5.74) is 1.51. The Labute approximate surface area is 117 Å². The smallest absolute Gasteiger partial charge is 0.344 e. The molecule has 1 unspecified atom stereocenters. The number of nitriles is 1. The van der Waals surface area contributed by atoms with Crippen molar-refractivity contribution in [3.8, 4) is 11.8 Å². The van der Waals surface area contributed by atoms with Gasteiger partial charge in [-0.05, 0) is 19.9 Å². The Morgan fingerprint density at radius 3 is 2.70 bits per heavy atom. The fourth-order valence-corrected chi connectivity index (χ4v) is 2.35. The average Bonchev–Trinajstić information content (AvgIpc) is 2.46. The number of carbonyl (C=O) groups excluding carboxylic acids is 1. The van der Waals surface area contributed by atoms with E-state index in [2.05, 4.69) is 4.90 Å². The van der Waals surface area contributed by atoms with Crippen molar-refractivity contribution < 1.29 is 14.6 Å². The minimum absolute atomic E-state index is 0.0319. The van der Waals surface area contributed by atoms with E-state index in [1.54, 1.807) is 12.1 Å². The number of esters is 1. The zero-order valence-corrected chi connectivity index (χ0v) is 11.5. The van der Waals surface area contributed by atoms with Crippen LogP contribution < -0.4 is 9.64 Å². The average molecular weight is 272 g/mol. The Morgan fingerprint density at radius 2 is 2.15 bits per heavy atom. The minimum atomic E-state index is -0.790. The van der Waals surface area contributed by atoms with Crippen LogP contribution in [-0.2, 0) is 4.79 Å². The number of hydrogen-bond acceptors (Lipinski definition) is 5. The number of hydrogen-bond donors (Lipinski definition) is 1. The quantitative estimate of drug-likeness (QED) is 0.396. The molecule has 0 aliphatic carbocycles. The van der Waals surface area contributed by atoms with Gasteiger partial charge in [0.05, 0.1) is 17.9 Å². The molecule has 1 aromatic carbocycles. The Bertz CT molecular complexity index is 598. The van der Waals surface area contributed by atoms with E-state index in [1.807, 2.05) is 26.0 Å². The second-order valence-corrected chi connectivity index (χ2v) is 4.43. The molecule has 0 amide bonds. The molecule has 1 heterocycles. The third-order valence-corrected chi connectivity index (χ3v) is 3.45. The molecule has 0 radical (unpaired) electrons. The van der Waals surface area contributed by atoms with Gasteiger partial charge in [0.15, 0.2) is 0 Å². The maximum absolute atomic E-state index is 11.8. The van der Waals surface area contributed by atoms with Crippen LogP contribution in [-0.4, -0.2) is 24.2 Å². The molecule has 104 valence electrons. The van der Waals surface area contributed by atoms with Gasteiger partial charge >= 0.3 is 5.97 Å². The van der Waals surface area contributed by atoms with Crippen molar-refractivity contribution in [3.63, 3.8) is 0 Å². The van der Waals surface area contributed by atoms with Gasteiger partial charge in [-0.1, -0.05) is 6.07 Å². The number of aliphatic hydroxyl groups excluding tert-OH is 1. The molecule has 1 aliphatic rings. The minimum Gasteiger partial charge on any atom is -0.515 e. The van der Waals surface area contributed by atoms with E-state index in [0.717, 1.165) is 18.8 Å². The summed E-state index contributed by atoms with van der Waals surface area (Å²) >= 11 is 0. The predicted molar refractivity (Wildman–Crippen MR) is 74.7 cm³/mol. The lowest BCUT2D eigenvalue weighted by molar-refractivity contribution is -0.131.